The third-order valence-electron chi connectivity index (χ3n) is 9.16. The van der Waals surface area contributed by atoms with Crippen LogP contribution >= 0.6 is 0 Å². The van der Waals surface area contributed by atoms with E-state index in [2.05, 4.69) is 78.2 Å². The molecule has 0 amide bonds. The molecule has 0 N–H and O–H groups in total. The first-order valence-electron chi connectivity index (χ1n) is 16.6. The average Bonchev–Trinajstić information content (AvgIpc) is 3.50. The summed E-state index contributed by atoms with van der Waals surface area (Å²) < 4.78 is 56.0. The first-order valence-corrected chi connectivity index (χ1v) is 20.3. The summed E-state index contributed by atoms with van der Waals surface area (Å²) in [7, 11) is -1.39. The van der Waals surface area contributed by atoms with Crippen LogP contribution in [-0.2, 0) is 30.7 Å². The summed E-state index contributed by atoms with van der Waals surface area (Å²) in [4.78, 5) is 17.2. The minimum Gasteiger partial charge on any atom is -0.490 e. The maximum absolute atomic E-state index is 14.4. The zero-order chi connectivity index (χ0) is 33.9. The Labute approximate surface area is 280 Å². The second kappa shape index (κ2) is 14.3. The van der Waals surface area contributed by atoms with Gasteiger partial charge in [0.25, 0.3) is 5.56 Å². The number of alkyl halides is 3. The Balaban J connectivity index is 1.15. The summed E-state index contributed by atoms with van der Waals surface area (Å²) in [6.45, 7) is 8.70. The van der Waals surface area contributed by atoms with Gasteiger partial charge in [-0.25, -0.2) is 4.68 Å². The lowest BCUT2D eigenvalue weighted by Crippen LogP contribution is -2.40. The highest BCUT2D eigenvalue weighted by molar-refractivity contribution is 6.76. The number of piperidine rings is 1. The Kier molecular flexibility index (Phi) is 10.1. The number of benzene rings is 3. The van der Waals surface area contributed by atoms with Crippen molar-refractivity contribution in [2.75, 3.05) is 24.6 Å². The van der Waals surface area contributed by atoms with E-state index >= 15 is 0 Å². The normalized spacial score (nSPS) is 16.0. The fourth-order valence-corrected chi connectivity index (χ4v) is 7.35. The van der Waals surface area contributed by atoms with Gasteiger partial charge in [-0.3, -0.25) is 9.69 Å². The summed E-state index contributed by atoms with van der Waals surface area (Å²) in [5, 5.41) is 4.09. The van der Waals surface area contributed by atoms with E-state index in [1.165, 1.54) is 11.1 Å². The van der Waals surface area contributed by atoms with Crippen LogP contribution in [0.5, 0.6) is 5.75 Å². The van der Waals surface area contributed by atoms with Crippen molar-refractivity contribution >= 4 is 13.8 Å². The van der Waals surface area contributed by atoms with E-state index in [0.29, 0.717) is 12.4 Å². The lowest BCUT2D eigenvalue weighted by Gasteiger charge is -2.38. The Morgan fingerprint density at radius 3 is 2.15 bits per heavy atom. The van der Waals surface area contributed by atoms with Gasteiger partial charge in [-0.15, -0.1) is 0 Å². The molecule has 4 aromatic rings. The van der Waals surface area contributed by atoms with Crippen LogP contribution < -0.4 is 15.2 Å². The highest BCUT2D eigenvalue weighted by atomic mass is 28.3. The van der Waals surface area contributed by atoms with Gasteiger partial charge in [0.2, 0.25) is 0 Å². The number of aromatic nitrogens is 2. The molecule has 48 heavy (non-hydrogen) atoms. The number of fused-ring (bicyclic) bond motifs is 1. The minimum absolute atomic E-state index is 0.0220. The number of hydrogen-bond donors (Lipinski definition) is 0. The van der Waals surface area contributed by atoms with Gasteiger partial charge in [-0.05, 0) is 41.6 Å². The fraction of sp³-hybridized carbons (Fsp3) is 0.405. The average molecular weight is 677 g/mol. The van der Waals surface area contributed by atoms with Crippen LogP contribution in [0.1, 0.15) is 46.7 Å². The zero-order valence-electron chi connectivity index (χ0n) is 27.7. The largest absolute Gasteiger partial charge is 0.490 e. The number of ether oxygens (including phenoxy) is 2. The van der Waals surface area contributed by atoms with Crippen molar-refractivity contribution in [1.82, 2.24) is 14.7 Å². The van der Waals surface area contributed by atoms with Gasteiger partial charge < -0.3 is 14.4 Å². The second-order valence-electron chi connectivity index (χ2n) is 13.9. The maximum Gasteiger partial charge on any atom is 0.423 e. The van der Waals surface area contributed by atoms with Gasteiger partial charge in [-0.2, -0.15) is 18.3 Å². The van der Waals surface area contributed by atoms with Gasteiger partial charge in [0, 0.05) is 46.4 Å². The Morgan fingerprint density at radius 2 is 1.54 bits per heavy atom. The van der Waals surface area contributed by atoms with Crippen molar-refractivity contribution in [3.05, 3.63) is 123 Å². The van der Waals surface area contributed by atoms with E-state index in [-0.39, 0.29) is 37.7 Å². The van der Waals surface area contributed by atoms with Gasteiger partial charge in [-0.1, -0.05) is 92.4 Å². The molecule has 0 aliphatic carbocycles. The quantitative estimate of drug-likeness (QED) is 0.120. The van der Waals surface area contributed by atoms with E-state index in [1.54, 1.807) is 4.90 Å². The number of rotatable bonds is 11. The Morgan fingerprint density at radius 1 is 0.896 bits per heavy atom. The lowest BCUT2D eigenvalue weighted by molar-refractivity contribution is -0.138. The first kappa shape index (κ1) is 33.9. The molecule has 2 aliphatic heterocycles. The van der Waals surface area contributed by atoms with Crippen LogP contribution in [-0.4, -0.2) is 48.6 Å². The van der Waals surface area contributed by atoms with Crippen molar-refractivity contribution in [2.45, 2.75) is 76.7 Å². The van der Waals surface area contributed by atoms with E-state index < -0.39 is 25.4 Å². The monoisotopic (exact) mass is 676 g/mol. The van der Waals surface area contributed by atoms with Crippen LogP contribution in [0.2, 0.25) is 25.7 Å². The van der Waals surface area contributed by atoms with E-state index in [4.69, 9.17) is 9.47 Å². The molecule has 0 spiro atoms. The predicted molar refractivity (Wildman–Crippen MR) is 184 cm³/mol. The molecule has 1 saturated heterocycles. The van der Waals surface area contributed by atoms with Gasteiger partial charge >= 0.3 is 6.18 Å². The Hall–Kier alpha value is -3.93. The predicted octanol–water partition coefficient (Wildman–Crippen LogP) is 7.73. The molecule has 0 unspecified atom stereocenters. The molecule has 3 aromatic carbocycles. The molecule has 2 aliphatic rings. The molecular formula is C37H43F3N4O3Si. The summed E-state index contributed by atoms with van der Waals surface area (Å²) in [5.41, 5.74) is 1.58. The lowest BCUT2D eigenvalue weighted by atomic mass is 9.94. The highest BCUT2D eigenvalue weighted by Gasteiger charge is 2.41. The number of nitrogens with zero attached hydrogens (tertiary/aromatic N) is 4. The van der Waals surface area contributed by atoms with Crippen LogP contribution in [0.15, 0.2) is 89.9 Å². The summed E-state index contributed by atoms with van der Waals surface area (Å²) in [6, 6.07) is 27.7. The van der Waals surface area contributed by atoms with Crippen LogP contribution in [0.4, 0.5) is 18.9 Å². The molecule has 0 radical (unpaired) electrons. The fourth-order valence-electron chi connectivity index (χ4n) is 6.60. The molecule has 11 heteroatoms. The topological polar surface area (TPSA) is 59.8 Å². The maximum atomic E-state index is 14.4. The van der Waals surface area contributed by atoms with Crippen molar-refractivity contribution in [2.24, 2.45) is 0 Å². The van der Waals surface area contributed by atoms with Crippen molar-refractivity contribution < 1.29 is 22.6 Å². The summed E-state index contributed by atoms with van der Waals surface area (Å²) in [5.74, 6) is 0.682. The number of hydrogen-bond acceptors (Lipinski definition) is 6. The molecule has 254 valence electrons. The molecule has 0 bridgehead atoms. The number of anilines is 1. The molecule has 1 fully saturated rings. The third kappa shape index (κ3) is 7.85. The molecular weight excluding hydrogens is 634 g/mol. The third-order valence-corrected chi connectivity index (χ3v) is 10.9. The molecule has 6 rings (SSSR count). The SMILES string of the molecule is C[Si](C)(C)CCOCn1ncc(N2Cc3cccc(OC4CCN(C(c5ccccc5)c5ccccc5)CC4)c3C2)c(C(F)(F)F)c1=O. The van der Waals surface area contributed by atoms with E-state index in [9.17, 15) is 18.0 Å². The van der Waals surface area contributed by atoms with Crippen molar-refractivity contribution in [3.8, 4) is 5.75 Å². The van der Waals surface area contributed by atoms with Gasteiger partial charge in [0.1, 0.15) is 24.1 Å². The molecule has 7 nitrogen and oxygen atoms in total. The van der Waals surface area contributed by atoms with Crippen molar-refractivity contribution in [1.29, 1.82) is 0 Å². The number of halogens is 3. The molecule has 0 saturated carbocycles. The van der Waals surface area contributed by atoms with E-state index in [0.717, 1.165) is 54.0 Å². The zero-order valence-corrected chi connectivity index (χ0v) is 28.7. The molecule has 1 aromatic heterocycles. The standard InChI is InChI=1S/C37H43F3N4O3Si/c1-48(2,3)22-21-46-26-44-36(45)34(37(38,39)40)32(23-41-44)43-24-29-15-10-16-33(31(29)25-43)47-30-17-19-42(20-18-30)35(27-11-6-4-7-12-27)28-13-8-5-9-14-28/h4-16,23,30,35H,17-22,24-26H2,1-3H3. The highest BCUT2D eigenvalue weighted by Crippen LogP contribution is 2.40. The van der Waals surface area contributed by atoms with Crippen LogP contribution in [0.3, 0.4) is 0 Å². The van der Waals surface area contributed by atoms with Gasteiger partial charge in [0.05, 0.1) is 17.9 Å². The van der Waals surface area contributed by atoms with Crippen LogP contribution in [0.25, 0.3) is 0 Å². The summed E-state index contributed by atoms with van der Waals surface area (Å²) >= 11 is 0. The molecule has 0 atom stereocenters. The van der Waals surface area contributed by atoms with Crippen LogP contribution in [0, 0.1) is 0 Å². The smallest absolute Gasteiger partial charge is 0.423 e. The van der Waals surface area contributed by atoms with E-state index in [1.807, 2.05) is 30.3 Å². The van der Waals surface area contributed by atoms with Gasteiger partial charge in [0.15, 0.2) is 0 Å². The van der Waals surface area contributed by atoms with Crippen molar-refractivity contribution in [3.63, 3.8) is 0 Å². The Bertz CT molecular complexity index is 1700. The first-order chi connectivity index (χ1) is 23.0. The number of likely N-dealkylation sites (tertiary alicyclic amines) is 1. The minimum atomic E-state index is -4.85. The molecule has 3 heterocycles. The summed E-state index contributed by atoms with van der Waals surface area (Å²) in [6.07, 6.45) is -2.08. The second-order valence-corrected chi connectivity index (χ2v) is 19.5.